The molecule has 8 heterocycles. The second kappa shape index (κ2) is 21.6. The normalized spacial score (nSPS) is 14.4. The fourth-order valence-corrected chi connectivity index (χ4v) is 9.89. The van der Waals surface area contributed by atoms with Gasteiger partial charge in [-0.25, -0.2) is 9.97 Å². The van der Waals surface area contributed by atoms with E-state index in [1.54, 1.807) is 24.5 Å². The molecule has 0 radical (unpaired) electrons. The Kier molecular flexibility index (Phi) is 14.1. The van der Waals surface area contributed by atoms with Gasteiger partial charge in [0, 0.05) is 124 Å². The Morgan fingerprint density at radius 3 is 1.47 bits per heavy atom. The largest absolute Gasteiger partial charge is 0.456 e. The lowest BCUT2D eigenvalue weighted by atomic mass is 9.96. The molecule has 4 aromatic heterocycles. The van der Waals surface area contributed by atoms with Crippen molar-refractivity contribution in [2.75, 3.05) is 111 Å². The van der Waals surface area contributed by atoms with Crippen molar-refractivity contribution in [3.05, 3.63) is 176 Å². The summed E-state index contributed by atoms with van der Waals surface area (Å²) < 4.78 is 23.8. The minimum absolute atomic E-state index is 0.124. The number of nitrogens with zero attached hydrogens (tertiary/aromatic N) is 9. The summed E-state index contributed by atoms with van der Waals surface area (Å²) in [5, 5.41) is 0. The van der Waals surface area contributed by atoms with Gasteiger partial charge in [0.05, 0.1) is 87.1 Å². The van der Waals surface area contributed by atoms with Gasteiger partial charge in [0.1, 0.15) is 34.6 Å². The van der Waals surface area contributed by atoms with Gasteiger partial charge in [0.2, 0.25) is 11.1 Å². The SMILES string of the molecule is CN(C)c1cnc(CN(Cc2cnc(N(C)C)cn2)c2ccc3c(c2)Cc2cccc(-c4cc(N5CCOCC5)cc(=O)[nH]4)c2O3)cn1.Nc1ccc2c(c1)Cc1cccc(-c3cc(N4CCOCC4)cc(=O)[nH]3)c1O2. The molecule has 2 saturated heterocycles. The van der Waals surface area contributed by atoms with Gasteiger partial charge in [-0.3, -0.25) is 19.6 Å². The Morgan fingerprint density at radius 1 is 0.539 bits per heavy atom. The van der Waals surface area contributed by atoms with Crippen LogP contribution in [0.5, 0.6) is 23.0 Å². The van der Waals surface area contributed by atoms with Crippen LogP contribution in [-0.4, -0.2) is 111 Å². The highest BCUT2D eigenvalue weighted by molar-refractivity contribution is 5.76. The number of fused-ring (bicyclic) bond motifs is 4. The molecule has 0 atom stereocenters. The number of nitrogens with one attached hydrogen (secondary N) is 2. The van der Waals surface area contributed by atoms with Crippen molar-refractivity contribution in [1.82, 2.24) is 29.9 Å². The van der Waals surface area contributed by atoms with Gasteiger partial charge in [-0.05, 0) is 71.8 Å². The number of nitrogens with two attached hydrogens (primary N) is 1. The Balaban J connectivity index is 0.000000186. The minimum Gasteiger partial charge on any atom is -0.456 e. The predicted octanol–water partition coefficient (Wildman–Crippen LogP) is 7.65. The molecule has 2 fully saturated rings. The molecule has 18 heteroatoms. The van der Waals surface area contributed by atoms with Gasteiger partial charge >= 0.3 is 0 Å². The van der Waals surface area contributed by atoms with Gasteiger partial charge in [-0.15, -0.1) is 0 Å². The Labute approximate surface area is 440 Å². The van der Waals surface area contributed by atoms with E-state index in [4.69, 9.17) is 34.6 Å². The summed E-state index contributed by atoms with van der Waals surface area (Å²) in [6.07, 6.45) is 8.65. The number of anilines is 6. The average molecular weight is 1020 g/mol. The second-order valence-corrected chi connectivity index (χ2v) is 19.6. The van der Waals surface area contributed by atoms with Crippen molar-refractivity contribution in [3.63, 3.8) is 0 Å². The number of para-hydroxylation sites is 2. The van der Waals surface area contributed by atoms with Crippen LogP contribution in [0.25, 0.3) is 22.5 Å². The van der Waals surface area contributed by atoms with Gasteiger partial charge in [-0.1, -0.05) is 24.3 Å². The number of benzene rings is 4. The third kappa shape index (κ3) is 10.9. The smallest absolute Gasteiger partial charge is 0.250 e. The van der Waals surface area contributed by atoms with Crippen molar-refractivity contribution >= 4 is 34.4 Å². The fraction of sp³-hybridized carbons (Fsp3) is 0.276. The molecule has 388 valence electrons. The molecule has 0 bridgehead atoms. The first-order valence-corrected chi connectivity index (χ1v) is 25.4. The van der Waals surface area contributed by atoms with Crippen LogP contribution in [0.1, 0.15) is 33.6 Å². The van der Waals surface area contributed by atoms with Crippen LogP contribution < -0.4 is 50.8 Å². The molecule has 8 aromatic rings. The summed E-state index contributed by atoms with van der Waals surface area (Å²) in [6.45, 7) is 6.76. The van der Waals surface area contributed by atoms with E-state index in [0.717, 1.165) is 146 Å². The van der Waals surface area contributed by atoms with E-state index in [2.05, 4.69) is 58.9 Å². The van der Waals surface area contributed by atoms with E-state index in [-0.39, 0.29) is 11.1 Å². The molecule has 4 aliphatic rings. The monoisotopic (exact) mass is 1020 g/mol. The highest BCUT2D eigenvalue weighted by atomic mass is 16.5. The zero-order valence-corrected chi connectivity index (χ0v) is 43.1. The maximum absolute atomic E-state index is 12.8. The molecule has 4 aliphatic heterocycles. The quantitative estimate of drug-likeness (QED) is 0.107. The van der Waals surface area contributed by atoms with Gasteiger partial charge in [0.25, 0.3) is 0 Å². The molecular weight excluding hydrogens is 961 g/mol. The zero-order valence-electron chi connectivity index (χ0n) is 43.1. The summed E-state index contributed by atoms with van der Waals surface area (Å²) in [5.74, 6) is 4.75. The number of hydrogen-bond donors (Lipinski definition) is 3. The maximum Gasteiger partial charge on any atom is 0.250 e. The number of hydrogen-bond acceptors (Lipinski definition) is 16. The van der Waals surface area contributed by atoms with Crippen molar-refractivity contribution in [3.8, 4) is 45.5 Å². The predicted molar refractivity (Wildman–Crippen MR) is 297 cm³/mol. The van der Waals surface area contributed by atoms with Gasteiger partial charge in [-0.2, -0.15) is 0 Å². The molecule has 0 aliphatic carbocycles. The molecule has 18 nitrogen and oxygen atoms in total. The molecule has 4 aromatic carbocycles. The number of rotatable bonds is 11. The standard InChI is InChI=1S/C36H39N9O3.C22H21N3O3/c1-42(2)33-20-37-26(18-39-33)22-45(23-27-19-40-34(21-38-27)43(3)4)28-8-9-32-25(15-28)14-24-6-5-7-30(36(24)48-32)31-16-29(17-35(46)41-31)44-10-12-47-13-11-44;23-16-4-5-20-15(11-16)10-14-2-1-3-18(22(14)28-20)19-12-17(13-21(26)24-19)25-6-8-27-9-7-25/h5-9,15-21H,10-14,22-23H2,1-4H3,(H,41,46);1-5,11-13H,6-10,23H2,(H,24,26). The lowest BCUT2D eigenvalue weighted by molar-refractivity contribution is 0.122. The Morgan fingerprint density at radius 2 is 1.01 bits per heavy atom. The first kappa shape index (κ1) is 49.5. The number of ether oxygens (including phenoxy) is 4. The van der Waals surface area contributed by atoms with E-state index in [9.17, 15) is 9.59 Å². The van der Waals surface area contributed by atoms with E-state index >= 15 is 0 Å². The third-order valence-electron chi connectivity index (χ3n) is 13.9. The van der Waals surface area contributed by atoms with Crippen LogP contribution in [0.2, 0.25) is 0 Å². The molecule has 12 rings (SSSR count). The number of aromatic amines is 2. The summed E-state index contributed by atoms with van der Waals surface area (Å²) in [4.78, 5) is 60.2. The molecule has 0 unspecified atom stereocenters. The summed E-state index contributed by atoms with van der Waals surface area (Å²) in [5.41, 5.74) is 18.4. The molecule has 76 heavy (non-hydrogen) atoms. The average Bonchev–Trinajstić information content (AvgIpc) is 3.47. The molecule has 0 amide bonds. The second-order valence-electron chi connectivity index (χ2n) is 19.6. The molecule has 0 saturated carbocycles. The van der Waals surface area contributed by atoms with Gasteiger partial charge < -0.3 is 59.1 Å². The first-order chi connectivity index (χ1) is 37.0. The highest BCUT2D eigenvalue weighted by Gasteiger charge is 2.25. The number of nitrogen functional groups attached to an aromatic ring is 1. The number of aromatic nitrogens is 6. The lowest BCUT2D eigenvalue weighted by Crippen LogP contribution is -2.36. The van der Waals surface area contributed by atoms with Crippen LogP contribution >= 0.6 is 0 Å². The lowest BCUT2D eigenvalue weighted by Gasteiger charge is -2.29. The van der Waals surface area contributed by atoms with Crippen LogP contribution in [-0.2, 0) is 35.4 Å². The van der Waals surface area contributed by atoms with Crippen LogP contribution in [0.15, 0.2) is 131 Å². The number of morpholine rings is 2. The Bertz CT molecular complexity index is 3450. The topological polar surface area (TPSA) is 196 Å². The van der Waals surface area contributed by atoms with Crippen molar-refractivity contribution in [1.29, 1.82) is 0 Å². The van der Waals surface area contributed by atoms with Crippen LogP contribution in [0, 0.1) is 0 Å². The fourth-order valence-electron chi connectivity index (χ4n) is 9.89. The third-order valence-corrected chi connectivity index (χ3v) is 13.9. The molecule has 0 spiro atoms. The summed E-state index contributed by atoms with van der Waals surface area (Å²) in [7, 11) is 7.79. The van der Waals surface area contributed by atoms with E-state index in [1.165, 1.54) is 0 Å². The highest BCUT2D eigenvalue weighted by Crippen LogP contribution is 2.45. The summed E-state index contributed by atoms with van der Waals surface area (Å²) in [6, 6.07) is 31.4. The van der Waals surface area contributed by atoms with E-state index in [1.807, 2.05) is 111 Å². The maximum atomic E-state index is 12.8. The van der Waals surface area contributed by atoms with Crippen molar-refractivity contribution < 1.29 is 18.9 Å². The van der Waals surface area contributed by atoms with E-state index < -0.39 is 0 Å². The molecule has 4 N–H and O–H groups in total. The summed E-state index contributed by atoms with van der Waals surface area (Å²) >= 11 is 0. The number of pyridine rings is 2. The van der Waals surface area contributed by atoms with E-state index in [0.29, 0.717) is 45.9 Å². The van der Waals surface area contributed by atoms with Crippen LogP contribution in [0.3, 0.4) is 0 Å². The number of H-pyrrole nitrogens is 2. The molecular formula is C58H60N12O6. The van der Waals surface area contributed by atoms with Crippen LogP contribution in [0.4, 0.5) is 34.4 Å². The van der Waals surface area contributed by atoms with Crippen molar-refractivity contribution in [2.24, 2.45) is 0 Å². The first-order valence-electron chi connectivity index (χ1n) is 25.4. The minimum atomic E-state index is -0.144. The van der Waals surface area contributed by atoms with Crippen molar-refractivity contribution in [2.45, 2.75) is 25.9 Å². The Hall–Kier alpha value is -8.74. The zero-order chi connectivity index (χ0) is 52.3. The van der Waals surface area contributed by atoms with Gasteiger partial charge in [0.15, 0.2) is 0 Å².